The second-order valence-corrected chi connectivity index (χ2v) is 10.6. The van der Waals surface area contributed by atoms with Crippen LogP contribution in [-0.4, -0.2) is 57.1 Å². The SMILES string of the molecule is CCNC(=O)C(CC)N(Cc1ccc(C)cc1)C(=O)CCCN(c1ccc(OCC)cc1)S(C)(=O)=O. The minimum atomic E-state index is -3.55. The van der Waals surface area contributed by atoms with E-state index in [2.05, 4.69) is 5.32 Å². The lowest BCUT2D eigenvalue weighted by Crippen LogP contribution is -2.49. The molecule has 36 heavy (non-hydrogen) atoms. The quantitative estimate of drug-likeness (QED) is 0.410. The first-order valence-electron chi connectivity index (χ1n) is 12.4. The van der Waals surface area contributed by atoms with Gasteiger partial charge in [0.2, 0.25) is 21.8 Å². The minimum absolute atomic E-state index is 0.116. The molecule has 0 saturated carbocycles. The van der Waals surface area contributed by atoms with Gasteiger partial charge in [-0.25, -0.2) is 8.42 Å². The van der Waals surface area contributed by atoms with E-state index >= 15 is 0 Å². The highest BCUT2D eigenvalue weighted by atomic mass is 32.2. The van der Waals surface area contributed by atoms with Gasteiger partial charge in [0.25, 0.3) is 0 Å². The van der Waals surface area contributed by atoms with E-state index in [9.17, 15) is 18.0 Å². The summed E-state index contributed by atoms with van der Waals surface area (Å²) >= 11 is 0. The number of benzene rings is 2. The number of carbonyl (C=O) groups is 2. The molecule has 2 amide bonds. The fourth-order valence-corrected chi connectivity index (χ4v) is 4.95. The van der Waals surface area contributed by atoms with Gasteiger partial charge in [0.15, 0.2) is 0 Å². The van der Waals surface area contributed by atoms with E-state index in [1.807, 2.05) is 52.0 Å². The molecule has 0 saturated heterocycles. The molecule has 0 aliphatic rings. The third-order valence-corrected chi connectivity index (χ3v) is 6.99. The molecule has 0 radical (unpaired) electrons. The molecule has 0 aliphatic heterocycles. The van der Waals surface area contributed by atoms with Crippen LogP contribution in [0.4, 0.5) is 5.69 Å². The lowest BCUT2D eigenvalue weighted by molar-refractivity contribution is -0.141. The molecule has 8 nitrogen and oxygen atoms in total. The van der Waals surface area contributed by atoms with Gasteiger partial charge in [-0.2, -0.15) is 0 Å². The summed E-state index contributed by atoms with van der Waals surface area (Å²) < 4.78 is 31.7. The predicted octanol–water partition coefficient (Wildman–Crippen LogP) is 3.88. The Balaban J connectivity index is 2.17. The summed E-state index contributed by atoms with van der Waals surface area (Å²) in [6.07, 6.45) is 2.06. The van der Waals surface area contributed by atoms with Gasteiger partial charge in [0, 0.05) is 26.1 Å². The number of hydrogen-bond acceptors (Lipinski definition) is 5. The fraction of sp³-hybridized carbons (Fsp3) is 0.481. The summed E-state index contributed by atoms with van der Waals surface area (Å²) in [5.41, 5.74) is 2.56. The first kappa shape index (κ1) is 29.2. The first-order chi connectivity index (χ1) is 17.1. The minimum Gasteiger partial charge on any atom is -0.494 e. The number of aryl methyl sites for hydroxylation is 1. The van der Waals surface area contributed by atoms with Crippen LogP contribution in [0.15, 0.2) is 48.5 Å². The third kappa shape index (κ3) is 8.55. The Hall–Kier alpha value is -3.07. The number of rotatable bonds is 14. The number of hydrogen-bond donors (Lipinski definition) is 1. The van der Waals surface area contributed by atoms with Crippen molar-refractivity contribution in [3.63, 3.8) is 0 Å². The average Bonchev–Trinajstić information content (AvgIpc) is 2.83. The van der Waals surface area contributed by atoms with Gasteiger partial charge in [-0.05, 0) is 63.4 Å². The second-order valence-electron chi connectivity index (χ2n) is 8.69. The monoisotopic (exact) mass is 517 g/mol. The van der Waals surface area contributed by atoms with Crippen LogP contribution < -0.4 is 14.4 Å². The largest absolute Gasteiger partial charge is 0.494 e. The highest BCUT2D eigenvalue weighted by Crippen LogP contribution is 2.23. The second kappa shape index (κ2) is 13.9. The van der Waals surface area contributed by atoms with E-state index in [-0.39, 0.29) is 24.8 Å². The van der Waals surface area contributed by atoms with E-state index < -0.39 is 16.1 Å². The number of amides is 2. The van der Waals surface area contributed by atoms with Crippen molar-refractivity contribution in [3.05, 3.63) is 59.7 Å². The molecule has 9 heteroatoms. The number of likely N-dealkylation sites (N-methyl/N-ethyl adjacent to an activating group) is 1. The van der Waals surface area contributed by atoms with Crippen molar-refractivity contribution < 1.29 is 22.7 Å². The third-order valence-electron chi connectivity index (χ3n) is 5.80. The summed E-state index contributed by atoms with van der Waals surface area (Å²) in [6, 6.07) is 14.1. The van der Waals surface area contributed by atoms with Gasteiger partial charge in [-0.3, -0.25) is 13.9 Å². The molecule has 2 rings (SSSR count). The van der Waals surface area contributed by atoms with Crippen LogP contribution in [0.25, 0.3) is 0 Å². The molecule has 1 N–H and O–H groups in total. The van der Waals surface area contributed by atoms with Crippen molar-refractivity contribution in [3.8, 4) is 5.75 Å². The van der Waals surface area contributed by atoms with Gasteiger partial charge in [0.05, 0.1) is 18.6 Å². The summed E-state index contributed by atoms with van der Waals surface area (Å²) in [4.78, 5) is 27.7. The van der Waals surface area contributed by atoms with Crippen LogP contribution in [0, 0.1) is 6.92 Å². The Morgan fingerprint density at radius 2 is 1.64 bits per heavy atom. The van der Waals surface area contributed by atoms with E-state index in [0.29, 0.717) is 44.0 Å². The van der Waals surface area contributed by atoms with Gasteiger partial charge < -0.3 is 15.0 Å². The fourth-order valence-electron chi connectivity index (χ4n) is 3.98. The molecule has 0 fully saturated rings. The van der Waals surface area contributed by atoms with Crippen molar-refractivity contribution in [1.29, 1.82) is 0 Å². The molecule has 1 unspecified atom stereocenters. The zero-order valence-electron chi connectivity index (χ0n) is 22.0. The summed E-state index contributed by atoms with van der Waals surface area (Å²) in [7, 11) is -3.55. The molecule has 198 valence electrons. The van der Waals surface area contributed by atoms with Gasteiger partial charge >= 0.3 is 0 Å². The normalized spacial score (nSPS) is 12.0. The zero-order chi connectivity index (χ0) is 26.7. The maximum absolute atomic E-state index is 13.4. The molecular weight excluding hydrogens is 478 g/mol. The molecule has 0 spiro atoms. The van der Waals surface area contributed by atoms with Crippen molar-refractivity contribution in [2.45, 2.75) is 59.5 Å². The molecular formula is C27H39N3O5S. The van der Waals surface area contributed by atoms with E-state index in [1.165, 1.54) is 4.31 Å². The molecule has 2 aromatic rings. The van der Waals surface area contributed by atoms with Crippen molar-refractivity contribution in [1.82, 2.24) is 10.2 Å². The smallest absolute Gasteiger partial charge is 0.242 e. The highest BCUT2D eigenvalue weighted by molar-refractivity contribution is 7.92. The Bertz CT molecular complexity index is 1090. The van der Waals surface area contributed by atoms with Gasteiger partial charge in [-0.1, -0.05) is 36.8 Å². The maximum atomic E-state index is 13.4. The summed E-state index contributed by atoms with van der Waals surface area (Å²) in [5, 5.41) is 2.83. The first-order valence-corrected chi connectivity index (χ1v) is 14.3. The number of sulfonamides is 1. The Kier molecular flexibility index (Phi) is 11.2. The number of nitrogens with one attached hydrogen (secondary N) is 1. The number of ether oxygens (including phenoxy) is 1. The van der Waals surface area contributed by atoms with Crippen molar-refractivity contribution in [2.75, 3.05) is 30.3 Å². The molecule has 0 bridgehead atoms. The van der Waals surface area contributed by atoms with E-state index in [0.717, 1.165) is 17.4 Å². The number of carbonyl (C=O) groups excluding carboxylic acids is 2. The number of nitrogens with zero attached hydrogens (tertiary/aromatic N) is 2. The Morgan fingerprint density at radius 1 is 1.00 bits per heavy atom. The van der Waals surface area contributed by atoms with Crippen LogP contribution in [0.2, 0.25) is 0 Å². The van der Waals surface area contributed by atoms with Gasteiger partial charge in [-0.15, -0.1) is 0 Å². The van der Waals surface area contributed by atoms with Crippen LogP contribution in [0.5, 0.6) is 5.75 Å². The lowest BCUT2D eigenvalue weighted by Gasteiger charge is -2.31. The van der Waals surface area contributed by atoms with Crippen LogP contribution in [0.1, 0.15) is 51.2 Å². The Labute approximate surface area is 215 Å². The topological polar surface area (TPSA) is 96.0 Å². The van der Waals surface area contributed by atoms with Crippen molar-refractivity contribution >= 4 is 27.5 Å². The number of anilines is 1. The average molecular weight is 518 g/mol. The van der Waals surface area contributed by atoms with Crippen LogP contribution >= 0.6 is 0 Å². The van der Waals surface area contributed by atoms with Gasteiger partial charge in [0.1, 0.15) is 11.8 Å². The Morgan fingerprint density at radius 3 is 2.17 bits per heavy atom. The molecule has 2 aromatic carbocycles. The standard InChI is InChI=1S/C27H39N3O5S/c1-6-25(27(32)28-7-2)29(20-22-13-11-21(4)12-14-22)26(31)10-9-19-30(36(5,33)34)23-15-17-24(18-16-23)35-8-3/h11-18,25H,6-10,19-20H2,1-5H3,(H,28,32). The lowest BCUT2D eigenvalue weighted by atomic mass is 10.1. The van der Waals surface area contributed by atoms with Crippen LogP contribution in [-0.2, 0) is 26.2 Å². The molecule has 0 heterocycles. The summed E-state index contributed by atoms with van der Waals surface area (Å²) in [5.74, 6) is 0.286. The molecule has 1 atom stereocenters. The predicted molar refractivity (Wildman–Crippen MR) is 144 cm³/mol. The van der Waals surface area contributed by atoms with E-state index in [1.54, 1.807) is 29.2 Å². The molecule has 0 aliphatic carbocycles. The van der Waals surface area contributed by atoms with Crippen LogP contribution in [0.3, 0.4) is 0 Å². The molecule has 0 aromatic heterocycles. The highest BCUT2D eigenvalue weighted by Gasteiger charge is 2.28. The summed E-state index contributed by atoms with van der Waals surface area (Å²) in [6.45, 7) is 9.06. The zero-order valence-corrected chi connectivity index (χ0v) is 22.8. The maximum Gasteiger partial charge on any atom is 0.242 e. The van der Waals surface area contributed by atoms with Crippen molar-refractivity contribution in [2.24, 2.45) is 0 Å². The van der Waals surface area contributed by atoms with E-state index in [4.69, 9.17) is 4.74 Å².